The van der Waals surface area contributed by atoms with Crippen LogP contribution in [-0.4, -0.2) is 4.98 Å². The minimum absolute atomic E-state index is 0.639. The lowest BCUT2D eigenvalue weighted by Crippen LogP contribution is -1.87. The summed E-state index contributed by atoms with van der Waals surface area (Å²) in [7, 11) is 0. The number of oxazole rings is 1. The number of hydrogen-bond acceptors (Lipinski definition) is 3. The molecule has 1 aromatic heterocycles. The fourth-order valence-electron chi connectivity index (χ4n) is 2.12. The molecule has 0 aliphatic carbocycles. The van der Waals surface area contributed by atoms with Crippen LogP contribution >= 0.6 is 0 Å². The van der Waals surface area contributed by atoms with Gasteiger partial charge in [-0.2, -0.15) is 0 Å². The molecule has 0 bridgehead atoms. The standard InChI is InChI=1S/C15H14N2O/c1-2-10-6-3-4-7-11(10)15-17-14-12(16)8-5-9-13(14)18-15/h3-9H,2,16H2,1H3. The molecule has 3 rings (SSSR count). The Labute approximate surface area is 105 Å². The molecular formula is C15H14N2O. The molecule has 0 spiro atoms. The normalized spacial score (nSPS) is 10.9. The third-order valence-corrected chi connectivity index (χ3v) is 3.08. The molecule has 90 valence electrons. The van der Waals surface area contributed by atoms with Crippen molar-refractivity contribution in [1.82, 2.24) is 4.98 Å². The first-order valence-electron chi connectivity index (χ1n) is 6.03. The minimum atomic E-state index is 0.639. The van der Waals surface area contributed by atoms with Crippen molar-refractivity contribution in [3.8, 4) is 11.5 Å². The summed E-state index contributed by atoms with van der Waals surface area (Å²) in [6.07, 6.45) is 0.949. The van der Waals surface area contributed by atoms with Crippen molar-refractivity contribution >= 4 is 16.8 Å². The molecule has 18 heavy (non-hydrogen) atoms. The van der Waals surface area contributed by atoms with E-state index in [4.69, 9.17) is 10.2 Å². The van der Waals surface area contributed by atoms with E-state index in [2.05, 4.69) is 18.0 Å². The minimum Gasteiger partial charge on any atom is -0.436 e. The average Bonchev–Trinajstić information content (AvgIpc) is 2.84. The van der Waals surface area contributed by atoms with E-state index in [9.17, 15) is 0 Å². The van der Waals surface area contributed by atoms with Gasteiger partial charge in [0.2, 0.25) is 5.89 Å². The SMILES string of the molecule is CCc1ccccc1-c1nc2c(N)cccc2o1. The summed E-state index contributed by atoms with van der Waals surface area (Å²) in [5, 5.41) is 0. The first-order valence-corrected chi connectivity index (χ1v) is 6.03. The lowest BCUT2D eigenvalue weighted by atomic mass is 10.1. The number of nitrogen functional groups attached to an aromatic ring is 1. The van der Waals surface area contributed by atoms with Crippen LogP contribution in [0.25, 0.3) is 22.6 Å². The molecule has 0 radical (unpaired) electrons. The number of nitrogens with two attached hydrogens (primary N) is 1. The summed E-state index contributed by atoms with van der Waals surface area (Å²) in [4.78, 5) is 4.50. The first-order chi connectivity index (χ1) is 8.79. The van der Waals surface area contributed by atoms with Crippen LogP contribution in [0.5, 0.6) is 0 Å². The van der Waals surface area contributed by atoms with E-state index in [-0.39, 0.29) is 0 Å². The van der Waals surface area contributed by atoms with Crippen molar-refractivity contribution in [2.45, 2.75) is 13.3 Å². The number of rotatable bonds is 2. The van der Waals surface area contributed by atoms with Gasteiger partial charge in [0, 0.05) is 5.56 Å². The maximum absolute atomic E-state index is 5.90. The zero-order chi connectivity index (χ0) is 12.5. The molecule has 3 nitrogen and oxygen atoms in total. The lowest BCUT2D eigenvalue weighted by Gasteiger charge is -2.02. The van der Waals surface area contributed by atoms with Crippen LogP contribution in [0.3, 0.4) is 0 Å². The number of nitrogens with zero attached hydrogens (tertiary/aromatic N) is 1. The number of aryl methyl sites for hydroxylation is 1. The largest absolute Gasteiger partial charge is 0.436 e. The second kappa shape index (κ2) is 4.18. The van der Waals surface area contributed by atoms with E-state index >= 15 is 0 Å². The van der Waals surface area contributed by atoms with Gasteiger partial charge in [0.05, 0.1) is 5.69 Å². The number of aromatic nitrogens is 1. The lowest BCUT2D eigenvalue weighted by molar-refractivity contribution is 0.619. The molecular weight excluding hydrogens is 224 g/mol. The Morgan fingerprint density at radius 1 is 1.11 bits per heavy atom. The van der Waals surface area contributed by atoms with E-state index in [0.717, 1.165) is 23.1 Å². The molecule has 0 aliphatic heterocycles. The molecule has 2 aromatic carbocycles. The summed E-state index contributed by atoms with van der Waals surface area (Å²) in [5.74, 6) is 0.639. The van der Waals surface area contributed by atoms with Gasteiger partial charge in [0.15, 0.2) is 5.58 Å². The molecule has 2 N–H and O–H groups in total. The van der Waals surface area contributed by atoms with E-state index in [1.165, 1.54) is 5.56 Å². The molecule has 0 amide bonds. The third-order valence-electron chi connectivity index (χ3n) is 3.08. The number of para-hydroxylation sites is 1. The van der Waals surface area contributed by atoms with Crippen LogP contribution < -0.4 is 5.73 Å². The molecule has 3 heteroatoms. The maximum Gasteiger partial charge on any atom is 0.227 e. The quantitative estimate of drug-likeness (QED) is 0.693. The highest BCUT2D eigenvalue weighted by atomic mass is 16.3. The highest BCUT2D eigenvalue weighted by Gasteiger charge is 2.12. The van der Waals surface area contributed by atoms with Crippen molar-refractivity contribution in [1.29, 1.82) is 0 Å². The monoisotopic (exact) mass is 238 g/mol. The summed E-state index contributed by atoms with van der Waals surface area (Å²) < 4.78 is 5.79. The Morgan fingerprint density at radius 3 is 2.72 bits per heavy atom. The van der Waals surface area contributed by atoms with Crippen molar-refractivity contribution in [3.05, 3.63) is 48.0 Å². The predicted octanol–water partition coefficient (Wildman–Crippen LogP) is 3.64. The van der Waals surface area contributed by atoms with Crippen LogP contribution in [-0.2, 0) is 6.42 Å². The van der Waals surface area contributed by atoms with Gasteiger partial charge in [0.25, 0.3) is 0 Å². The fraction of sp³-hybridized carbons (Fsp3) is 0.133. The Balaban J connectivity index is 2.23. The predicted molar refractivity (Wildman–Crippen MR) is 73.2 cm³/mol. The number of fused-ring (bicyclic) bond motifs is 1. The highest BCUT2D eigenvalue weighted by molar-refractivity contribution is 5.87. The summed E-state index contributed by atoms with van der Waals surface area (Å²) in [6, 6.07) is 13.7. The molecule has 0 unspecified atom stereocenters. The van der Waals surface area contributed by atoms with Gasteiger partial charge in [-0.1, -0.05) is 31.2 Å². The Bertz CT molecular complexity index is 701. The zero-order valence-electron chi connectivity index (χ0n) is 10.2. The molecule has 3 aromatic rings. The number of hydrogen-bond donors (Lipinski definition) is 1. The van der Waals surface area contributed by atoms with E-state index in [0.29, 0.717) is 11.6 Å². The smallest absolute Gasteiger partial charge is 0.227 e. The fourth-order valence-corrected chi connectivity index (χ4v) is 2.12. The van der Waals surface area contributed by atoms with Gasteiger partial charge in [0.1, 0.15) is 5.52 Å². The van der Waals surface area contributed by atoms with Crippen LogP contribution in [0, 0.1) is 0 Å². The van der Waals surface area contributed by atoms with Gasteiger partial charge >= 0.3 is 0 Å². The second-order valence-electron chi connectivity index (χ2n) is 4.22. The first kappa shape index (κ1) is 10.8. The van der Waals surface area contributed by atoms with E-state index < -0.39 is 0 Å². The summed E-state index contributed by atoms with van der Waals surface area (Å²) >= 11 is 0. The van der Waals surface area contributed by atoms with Crippen LogP contribution in [0.1, 0.15) is 12.5 Å². The van der Waals surface area contributed by atoms with Crippen molar-refractivity contribution < 1.29 is 4.42 Å². The van der Waals surface area contributed by atoms with Crippen LogP contribution in [0.2, 0.25) is 0 Å². The third kappa shape index (κ3) is 1.64. The molecule has 0 saturated heterocycles. The molecule has 0 aliphatic rings. The molecule has 0 atom stereocenters. The van der Waals surface area contributed by atoms with Gasteiger partial charge < -0.3 is 10.2 Å². The van der Waals surface area contributed by atoms with Gasteiger partial charge in [-0.25, -0.2) is 4.98 Å². The Hall–Kier alpha value is -2.29. The van der Waals surface area contributed by atoms with E-state index in [1.54, 1.807) is 0 Å². The van der Waals surface area contributed by atoms with Gasteiger partial charge in [-0.15, -0.1) is 0 Å². The highest BCUT2D eigenvalue weighted by Crippen LogP contribution is 2.29. The van der Waals surface area contributed by atoms with Crippen LogP contribution in [0.4, 0.5) is 5.69 Å². The summed E-state index contributed by atoms with van der Waals surface area (Å²) in [6.45, 7) is 2.12. The molecule has 1 heterocycles. The topological polar surface area (TPSA) is 52.0 Å². The number of benzene rings is 2. The molecule has 0 saturated carbocycles. The van der Waals surface area contributed by atoms with Crippen molar-refractivity contribution in [3.63, 3.8) is 0 Å². The van der Waals surface area contributed by atoms with Crippen molar-refractivity contribution in [2.75, 3.05) is 5.73 Å². The zero-order valence-corrected chi connectivity index (χ0v) is 10.2. The molecule has 0 fully saturated rings. The van der Waals surface area contributed by atoms with Gasteiger partial charge in [-0.3, -0.25) is 0 Å². The Kier molecular flexibility index (Phi) is 2.52. The van der Waals surface area contributed by atoms with Crippen molar-refractivity contribution in [2.24, 2.45) is 0 Å². The van der Waals surface area contributed by atoms with E-state index in [1.807, 2.05) is 36.4 Å². The summed E-state index contributed by atoms with van der Waals surface area (Å²) in [5.41, 5.74) is 10.3. The average molecular weight is 238 g/mol. The van der Waals surface area contributed by atoms with Gasteiger partial charge in [-0.05, 0) is 30.2 Å². The number of anilines is 1. The maximum atomic E-state index is 5.90. The second-order valence-corrected chi connectivity index (χ2v) is 4.22. The van der Waals surface area contributed by atoms with Crippen LogP contribution in [0.15, 0.2) is 46.9 Å². The Morgan fingerprint density at radius 2 is 1.94 bits per heavy atom.